The summed E-state index contributed by atoms with van der Waals surface area (Å²) < 4.78 is 30.1. The second-order valence-corrected chi connectivity index (χ2v) is 3.89. The summed E-state index contributed by atoms with van der Waals surface area (Å²) >= 11 is 0. The molecule has 0 spiro atoms. The van der Waals surface area contributed by atoms with E-state index in [-0.39, 0.29) is 5.03 Å². The van der Waals surface area contributed by atoms with Crippen LogP contribution >= 0.6 is 0 Å². The molecule has 0 atom stereocenters. The number of nitrogens with zero attached hydrogens (tertiary/aromatic N) is 1. The van der Waals surface area contributed by atoms with E-state index in [0.29, 0.717) is 11.3 Å². The molecule has 1 rings (SSSR count). The third-order valence-corrected chi connectivity index (χ3v) is 2.34. The predicted octanol–water partition coefficient (Wildman–Crippen LogP) is 0.945. The van der Waals surface area contributed by atoms with Crippen molar-refractivity contribution in [3.63, 3.8) is 0 Å². The Morgan fingerprint density at radius 2 is 1.92 bits per heavy atom. The fraction of sp³-hybridized carbons (Fsp3) is 0.286. The zero-order chi connectivity index (χ0) is 9.35. The summed E-state index contributed by atoms with van der Waals surface area (Å²) in [6.07, 6.45) is 0. The molecule has 12 heavy (non-hydrogen) atoms. The highest BCUT2D eigenvalue weighted by Crippen LogP contribution is 2.11. The predicted molar refractivity (Wildman–Crippen MR) is 43.5 cm³/mol. The summed E-state index contributed by atoms with van der Waals surface area (Å²) in [4.78, 5) is 3.71. The number of pyridine rings is 1. The lowest BCUT2D eigenvalue weighted by Gasteiger charge is -2.01. The maximum absolute atomic E-state index is 10.7. The maximum atomic E-state index is 10.7. The van der Waals surface area contributed by atoms with Crippen LogP contribution in [0.15, 0.2) is 17.2 Å². The summed E-state index contributed by atoms with van der Waals surface area (Å²) in [5.41, 5.74) is 1.01. The minimum atomic E-state index is -4.17. The third-order valence-electron chi connectivity index (χ3n) is 1.43. The van der Waals surface area contributed by atoms with E-state index in [1.54, 1.807) is 26.0 Å². The molecule has 1 aromatic rings. The molecule has 0 aliphatic rings. The first-order chi connectivity index (χ1) is 5.41. The SMILES string of the molecule is Cc1ccc(C)c(S(=O)(=O)O)n1. The van der Waals surface area contributed by atoms with Crippen LogP contribution in [0.4, 0.5) is 0 Å². The summed E-state index contributed by atoms with van der Waals surface area (Å²) in [6.45, 7) is 3.24. The fourth-order valence-corrected chi connectivity index (χ4v) is 1.60. The van der Waals surface area contributed by atoms with Crippen LogP contribution in [-0.4, -0.2) is 18.0 Å². The Balaban J connectivity index is 3.43. The molecule has 66 valence electrons. The molecule has 0 aliphatic heterocycles. The Kier molecular flexibility index (Phi) is 2.16. The molecule has 0 fully saturated rings. The first-order valence-electron chi connectivity index (χ1n) is 3.33. The quantitative estimate of drug-likeness (QED) is 0.664. The van der Waals surface area contributed by atoms with Crippen molar-refractivity contribution < 1.29 is 13.0 Å². The van der Waals surface area contributed by atoms with Gasteiger partial charge in [-0.05, 0) is 25.5 Å². The zero-order valence-corrected chi connectivity index (χ0v) is 7.59. The van der Waals surface area contributed by atoms with Crippen LogP contribution in [-0.2, 0) is 10.1 Å². The van der Waals surface area contributed by atoms with E-state index in [0.717, 1.165) is 0 Å². The molecule has 1 heterocycles. The smallest absolute Gasteiger partial charge is 0.281 e. The molecule has 0 aromatic carbocycles. The Morgan fingerprint density at radius 3 is 2.33 bits per heavy atom. The largest absolute Gasteiger partial charge is 0.312 e. The standard InChI is InChI=1S/C7H9NO3S/c1-5-3-4-6(2)8-7(5)12(9,10)11/h3-4H,1-2H3,(H,9,10,11). The van der Waals surface area contributed by atoms with E-state index in [2.05, 4.69) is 4.98 Å². The van der Waals surface area contributed by atoms with Crippen LogP contribution in [0.1, 0.15) is 11.3 Å². The van der Waals surface area contributed by atoms with E-state index in [4.69, 9.17) is 4.55 Å². The average molecular weight is 187 g/mol. The second-order valence-electron chi connectivity index (χ2n) is 2.55. The van der Waals surface area contributed by atoms with E-state index < -0.39 is 10.1 Å². The van der Waals surface area contributed by atoms with Gasteiger partial charge >= 0.3 is 10.1 Å². The van der Waals surface area contributed by atoms with Crippen LogP contribution in [0.2, 0.25) is 0 Å². The molecule has 5 heteroatoms. The molecule has 4 nitrogen and oxygen atoms in total. The van der Waals surface area contributed by atoms with Gasteiger partial charge < -0.3 is 0 Å². The highest BCUT2D eigenvalue weighted by molar-refractivity contribution is 7.85. The highest BCUT2D eigenvalue weighted by atomic mass is 32.2. The number of hydrogen-bond acceptors (Lipinski definition) is 3. The highest BCUT2D eigenvalue weighted by Gasteiger charge is 2.14. The van der Waals surface area contributed by atoms with Gasteiger partial charge in [-0.2, -0.15) is 8.42 Å². The lowest BCUT2D eigenvalue weighted by atomic mass is 10.3. The maximum Gasteiger partial charge on any atom is 0.312 e. The Bertz CT molecular complexity index is 397. The molecule has 1 N–H and O–H groups in total. The van der Waals surface area contributed by atoms with Crippen LogP contribution < -0.4 is 0 Å². The first kappa shape index (κ1) is 9.15. The Morgan fingerprint density at radius 1 is 1.33 bits per heavy atom. The summed E-state index contributed by atoms with van der Waals surface area (Å²) in [6, 6.07) is 3.29. The third kappa shape index (κ3) is 1.80. The van der Waals surface area contributed by atoms with Crippen molar-refractivity contribution in [2.45, 2.75) is 18.9 Å². The van der Waals surface area contributed by atoms with Crippen molar-refractivity contribution in [3.8, 4) is 0 Å². The molecule has 0 radical (unpaired) electrons. The summed E-state index contributed by atoms with van der Waals surface area (Å²) in [5.74, 6) is 0. The van der Waals surface area contributed by atoms with E-state index in [9.17, 15) is 8.42 Å². The molecule has 1 aromatic heterocycles. The normalized spacial score (nSPS) is 11.6. The van der Waals surface area contributed by atoms with Crippen LogP contribution in [0.3, 0.4) is 0 Å². The number of aromatic nitrogens is 1. The van der Waals surface area contributed by atoms with Gasteiger partial charge in [-0.3, -0.25) is 4.55 Å². The fourth-order valence-electron chi connectivity index (χ4n) is 0.864. The lowest BCUT2D eigenvalue weighted by molar-refractivity contribution is 0.478. The van der Waals surface area contributed by atoms with E-state index in [1.165, 1.54) is 0 Å². The van der Waals surface area contributed by atoms with Gasteiger partial charge in [-0.1, -0.05) is 6.07 Å². The van der Waals surface area contributed by atoms with E-state index >= 15 is 0 Å². The number of rotatable bonds is 1. The topological polar surface area (TPSA) is 67.3 Å². The molecule has 0 saturated heterocycles. The summed E-state index contributed by atoms with van der Waals surface area (Å²) in [7, 11) is -4.17. The van der Waals surface area contributed by atoms with Gasteiger partial charge in [0.2, 0.25) is 0 Å². The molecular weight excluding hydrogens is 178 g/mol. The summed E-state index contributed by atoms with van der Waals surface area (Å²) in [5, 5.41) is -0.262. The van der Waals surface area contributed by atoms with Gasteiger partial charge in [0.15, 0.2) is 5.03 Å². The van der Waals surface area contributed by atoms with Gasteiger partial charge in [-0.15, -0.1) is 0 Å². The lowest BCUT2D eigenvalue weighted by Crippen LogP contribution is -2.04. The molecular formula is C7H9NO3S. The van der Waals surface area contributed by atoms with Crippen LogP contribution in [0.25, 0.3) is 0 Å². The van der Waals surface area contributed by atoms with Crippen molar-refractivity contribution in [1.29, 1.82) is 0 Å². The Hall–Kier alpha value is -0.940. The number of hydrogen-bond donors (Lipinski definition) is 1. The van der Waals surface area contributed by atoms with Gasteiger partial charge in [0.05, 0.1) is 0 Å². The Labute approximate surface area is 71.0 Å². The van der Waals surface area contributed by atoms with Crippen molar-refractivity contribution in [1.82, 2.24) is 4.98 Å². The average Bonchev–Trinajstić information content (AvgIpc) is 1.92. The van der Waals surface area contributed by atoms with Gasteiger partial charge in [0.25, 0.3) is 0 Å². The van der Waals surface area contributed by atoms with Crippen LogP contribution in [0.5, 0.6) is 0 Å². The van der Waals surface area contributed by atoms with Gasteiger partial charge in [0, 0.05) is 5.69 Å². The van der Waals surface area contributed by atoms with Crippen molar-refractivity contribution in [2.24, 2.45) is 0 Å². The minimum absolute atomic E-state index is 0.262. The monoisotopic (exact) mass is 187 g/mol. The van der Waals surface area contributed by atoms with Gasteiger partial charge in [0.1, 0.15) is 0 Å². The van der Waals surface area contributed by atoms with Crippen molar-refractivity contribution in [2.75, 3.05) is 0 Å². The molecule has 0 unspecified atom stereocenters. The zero-order valence-electron chi connectivity index (χ0n) is 6.77. The number of aryl methyl sites for hydroxylation is 2. The van der Waals surface area contributed by atoms with Crippen LogP contribution in [0, 0.1) is 13.8 Å². The molecule has 0 saturated carbocycles. The minimum Gasteiger partial charge on any atom is -0.281 e. The molecule has 0 bridgehead atoms. The first-order valence-corrected chi connectivity index (χ1v) is 4.77. The van der Waals surface area contributed by atoms with Crippen molar-refractivity contribution >= 4 is 10.1 Å². The van der Waals surface area contributed by atoms with Crippen molar-refractivity contribution in [3.05, 3.63) is 23.4 Å². The van der Waals surface area contributed by atoms with E-state index in [1.807, 2.05) is 0 Å². The van der Waals surface area contributed by atoms with Gasteiger partial charge in [-0.25, -0.2) is 4.98 Å². The molecule has 0 amide bonds. The second kappa shape index (κ2) is 2.84. The molecule has 0 aliphatic carbocycles.